The Morgan fingerprint density at radius 2 is 2.00 bits per heavy atom. The van der Waals surface area contributed by atoms with Crippen LogP contribution in [0.1, 0.15) is 32.1 Å². The standard InChI is InChI=1S/C16H22ClN3O4S/c1-24-15-9-8-12(17)10-14(15)20(25(2,22)23)11-16(21)19-18-13-6-4-3-5-7-13/h8-10H,3-7,11H2,1-2H3,(H,19,21). The van der Waals surface area contributed by atoms with Gasteiger partial charge in [0.2, 0.25) is 10.0 Å². The van der Waals surface area contributed by atoms with Crippen LogP contribution >= 0.6 is 11.6 Å². The van der Waals surface area contributed by atoms with Gasteiger partial charge in [0.1, 0.15) is 12.3 Å². The lowest BCUT2D eigenvalue weighted by molar-refractivity contribution is -0.119. The third-order valence-corrected chi connectivity index (χ3v) is 5.23. The Labute approximate surface area is 153 Å². The van der Waals surface area contributed by atoms with Crippen molar-refractivity contribution in [3.63, 3.8) is 0 Å². The second-order valence-electron chi connectivity index (χ2n) is 5.86. The minimum Gasteiger partial charge on any atom is -0.495 e. The molecule has 25 heavy (non-hydrogen) atoms. The molecule has 1 amide bonds. The smallest absolute Gasteiger partial charge is 0.260 e. The number of hydrogen-bond acceptors (Lipinski definition) is 5. The summed E-state index contributed by atoms with van der Waals surface area (Å²) in [5.74, 6) is -0.216. The molecule has 0 unspecified atom stereocenters. The molecule has 0 atom stereocenters. The predicted octanol–water partition coefficient (Wildman–Crippen LogP) is 2.55. The number of carbonyl (C=O) groups is 1. The van der Waals surface area contributed by atoms with Crippen LogP contribution < -0.4 is 14.5 Å². The number of benzene rings is 1. The highest BCUT2D eigenvalue weighted by Crippen LogP contribution is 2.32. The molecule has 1 saturated carbocycles. The van der Waals surface area contributed by atoms with Crippen LogP contribution in [0, 0.1) is 0 Å². The number of carbonyl (C=O) groups excluding carboxylic acids is 1. The molecule has 1 aliphatic carbocycles. The van der Waals surface area contributed by atoms with Gasteiger partial charge < -0.3 is 4.74 Å². The summed E-state index contributed by atoms with van der Waals surface area (Å²) in [7, 11) is -2.30. The number of hydrazone groups is 1. The van der Waals surface area contributed by atoms with Crippen LogP contribution in [0.15, 0.2) is 23.3 Å². The average molecular weight is 388 g/mol. The number of amides is 1. The van der Waals surface area contributed by atoms with Crippen LogP contribution in [0.2, 0.25) is 5.02 Å². The Bertz CT molecular complexity index is 757. The minimum absolute atomic E-state index is 0.206. The second-order valence-corrected chi connectivity index (χ2v) is 8.20. The van der Waals surface area contributed by atoms with E-state index in [2.05, 4.69) is 10.5 Å². The quantitative estimate of drug-likeness (QED) is 0.760. The fraction of sp³-hybridized carbons (Fsp3) is 0.500. The fourth-order valence-electron chi connectivity index (χ4n) is 2.62. The van der Waals surface area contributed by atoms with Crippen molar-refractivity contribution in [2.24, 2.45) is 5.10 Å². The Hall–Kier alpha value is -1.80. The van der Waals surface area contributed by atoms with Gasteiger partial charge in [0.05, 0.1) is 19.1 Å². The van der Waals surface area contributed by atoms with Crippen LogP contribution in [0.3, 0.4) is 0 Å². The van der Waals surface area contributed by atoms with Crippen molar-refractivity contribution in [2.45, 2.75) is 32.1 Å². The van der Waals surface area contributed by atoms with Gasteiger partial charge in [0, 0.05) is 10.7 Å². The van der Waals surface area contributed by atoms with Crippen molar-refractivity contribution >= 4 is 38.9 Å². The molecule has 138 valence electrons. The number of nitrogens with one attached hydrogen (secondary N) is 1. The summed E-state index contributed by atoms with van der Waals surface area (Å²) in [5, 5.41) is 4.45. The number of anilines is 1. The maximum atomic E-state index is 12.2. The Morgan fingerprint density at radius 1 is 1.32 bits per heavy atom. The second kappa shape index (κ2) is 8.53. The SMILES string of the molecule is COc1ccc(Cl)cc1N(CC(=O)NN=C1CCCCC1)S(C)(=O)=O. The van der Waals surface area contributed by atoms with E-state index < -0.39 is 22.5 Å². The molecule has 1 fully saturated rings. The first-order chi connectivity index (χ1) is 11.8. The van der Waals surface area contributed by atoms with E-state index in [0.29, 0.717) is 10.8 Å². The molecule has 1 aliphatic rings. The van der Waals surface area contributed by atoms with E-state index in [4.69, 9.17) is 16.3 Å². The van der Waals surface area contributed by atoms with Crippen molar-refractivity contribution in [1.82, 2.24) is 5.43 Å². The zero-order chi connectivity index (χ0) is 18.4. The number of halogens is 1. The summed E-state index contributed by atoms with van der Waals surface area (Å²) in [6.07, 6.45) is 6.03. The zero-order valence-corrected chi connectivity index (χ0v) is 15.9. The molecule has 2 rings (SSSR count). The van der Waals surface area contributed by atoms with Crippen LogP contribution in [-0.2, 0) is 14.8 Å². The van der Waals surface area contributed by atoms with Gasteiger partial charge in [-0.2, -0.15) is 5.10 Å². The maximum absolute atomic E-state index is 12.2. The first-order valence-corrected chi connectivity index (χ1v) is 10.2. The van der Waals surface area contributed by atoms with Crippen molar-refractivity contribution in [3.8, 4) is 5.75 Å². The highest BCUT2D eigenvalue weighted by Gasteiger charge is 2.24. The van der Waals surface area contributed by atoms with Crippen molar-refractivity contribution in [2.75, 3.05) is 24.2 Å². The Morgan fingerprint density at radius 3 is 2.60 bits per heavy atom. The summed E-state index contributed by atoms with van der Waals surface area (Å²) in [6, 6.07) is 4.58. The molecule has 0 aliphatic heterocycles. The largest absolute Gasteiger partial charge is 0.495 e. The maximum Gasteiger partial charge on any atom is 0.260 e. The van der Waals surface area contributed by atoms with E-state index >= 15 is 0 Å². The van der Waals surface area contributed by atoms with Crippen LogP contribution in [0.4, 0.5) is 5.69 Å². The van der Waals surface area contributed by atoms with Gasteiger partial charge in [-0.05, 0) is 43.9 Å². The summed E-state index contributed by atoms with van der Waals surface area (Å²) in [4.78, 5) is 12.2. The topological polar surface area (TPSA) is 88.1 Å². The molecule has 0 radical (unpaired) electrons. The number of sulfonamides is 1. The van der Waals surface area contributed by atoms with E-state index in [1.807, 2.05) is 0 Å². The minimum atomic E-state index is -3.72. The first-order valence-electron chi connectivity index (χ1n) is 7.97. The highest BCUT2D eigenvalue weighted by atomic mass is 35.5. The molecule has 9 heteroatoms. The predicted molar refractivity (Wildman–Crippen MR) is 98.9 cm³/mol. The van der Waals surface area contributed by atoms with Gasteiger partial charge in [0.15, 0.2) is 0 Å². The molecular weight excluding hydrogens is 366 g/mol. The average Bonchev–Trinajstić information content (AvgIpc) is 2.57. The third kappa shape index (κ3) is 5.61. The van der Waals surface area contributed by atoms with Crippen molar-refractivity contribution in [1.29, 1.82) is 0 Å². The van der Waals surface area contributed by atoms with Gasteiger partial charge in [-0.25, -0.2) is 13.8 Å². The molecular formula is C16H22ClN3O4S. The molecule has 0 heterocycles. The van der Waals surface area contributed by atoms with E-state index in [1.54, 1.807) is 12.1 Å². The number of nitrogens with zero attached hydrogens (tertiary/aromatic N) is 2. The molecule has 0 bridgehead atoms. The number of ether oxygens (including phenoxy) is 1. The molecule has 1 N–H and O–H groups in total. The Balaban J connectivity index is 2.19. The fourth-order valence-corrected chi connectivity index (χ4v) is 3.64. The summed E-state index contributed by atoms with van der Waals surface area (Å²) >= 11 is 5.97. The van der Waals surface area contributed by atoms with Gasteiger partial charge in [-0.1, -0.05) is 18.0 Å². The molecule has 1 aromatic rings. The van der Waals surface area contributed by atoms with Gasteiger partial charge in [0.25, 0.3) is 5.91 Å². The summed E-state index contributed by atoms with van der Waals surface area (Å²) in [6.45, 7) is -0.410. The lowest BCUT2D eigenvalue weighted by atomic mass is 9.99. The van der Waals surface area contributed by atoms with Gasteiger partial charge in [-0.15, -0.1) is 0 Å². The molecule has 0 aromatic heterocycles. The van der Waals surface area contributed by atoms with Crippen molar-refractivity contribution in [3.05, 3.63) is 23.2 Å². The van der Waals surface area contributed by atoms with Crippen molar-refractivity contribution < 1.29 is 17.9 Å². The number of methoxy groups -OCH3 is 1. The lowest BCUT2D eigenvalue weighted by Crippen LogP contribution is -2.39. The first kappa shape index (κ1) is 19.5. The van der Waals surface area contributed by atoms with E-state index in [1.165, 1.54) is 19.6 Å². The van der Waals surface area contributed by atoms with Crippen LogP contribution in [-0.4, -0.2) is 39.9 Å². The lowest BCUT2D eigenvalue weighted by Gasteiger charge is -2.23. The zero-order valence-electron chi connectivity index (χ0n) is 14.3. The number of hydrogen-bond donors (Lipinski definition) is 1. The summed E-state index contributed by atoms with van der Waals surface area (Å²) in [5.41, 5.74) is 3.59. The highest BCUT2D eigenvalue weighted by molar-refractivity contribution is 7.92. The number of rotatable bonds is 6. The van der Waals surface area contributed by atoms with Crippen LogP contribution in [0.5, 0.6) is 5.75 Å². The van der Waals surface area contributed by atoms with E-state index in [9.17, 15) is 13.2 Å². The van der Waals surface area contributed by atoms with E-state index in [0.717, 1.165) is 42.0 Å². The molecule has 7 nitrogen and oxygen atoms in total. The summed E-state index contributed by atoms with van der Waals surface area (Å²) < 4.78 is 30.5. The molecule has 1 aromatic carbocycles. The monoisotopic (exact) mass is 387 g/mol. The Kier molecular flexibility index (Phi) is 6.66. The molecule has 0 spiro atoms. The van der Waals surface area contributed by atoms with Gasteiger partial charge >= 0.3 is 0 Å². The van der Waals surface area contributed by atoms with E-state index in [-0.39, 0.29) is 5.69 Å². The normalized spacial score (nSPS) is 14.8. The van der Waals surface area contributed by atoms with Gasteiger partial charge in [-0.3, -0.25) is 9.10 Å². The molecule has 0 saturated heterocycles. The van der Waals surface area contributed by atoms with Crippen LogP contribution in [0.25, 0.3) is 0 Å². The third-order valence-electron chi connectivity index (χ3n) is 3.87.